The van der Waals surface area contributed by atoms with Crippen LogP contribution in [-0.2, 0) is 6.42 Å². The molecular weight excluding hydrogens is 346 g/mol. The molecule has 4 heterocycles. The van der Waals surface area contributed by atoms with E-state index in [-0.39, 0.29) is 0 Å². The molecule has 1 fully saturated rings. The highest BCUT2D eigenvalue weighted by Gasteiger charge is 2.23. The molecule has 0 saturated carbocycles. The smallest absolute Gasteiger partial charge is 0.320 e. The number of aromatic nitrogens is 2. The molecule has 1 atom stereocenters. The second kappa shape index (κ2) is 8.51. The van der Waals surface area contributed by atoms with Crippen molar-refractivity contribution in [1.29, 1.82) is 0 Å². The number of anilines is 1. The van der Waals surface area contributed by atoms with Crippen molar-refractivity contribution >= 4 is 24.5 Å². The Hall–Kier alpha value is -2.12. The van der Waals surface area contributed by atoms with E-state index in [1.807, 2.05) is 18.6 Å². The van der Waals surface area contributed by atoms with Gasteiger partial charge in [-0.25, -0.2) is 9.78 Å². The van der Waals surface area contributed by atoms with Gasteiger partial charge in [0.15, 0.2) is 0 Å². The molecule has 0 aromatic carbocycles. The summed E-state index contributed by atoms with van der Waals surface area (Å²) in [6, 6.07) is 4.26. The largest absolute Gasteiger partial charge is 0.351 e. The van der Waals surface area contributed by atoms with Crippen LogP contribution < -0.4 is 16.0 Å². The van der Waals surface area contributed by atoms with Gasteiger partial charge in [-0.1, -0.05) is 0 Å². The molecule has 7 heteroatoms. The molecule has 6 nitrogen and oxygen atoms in total. The number of primary amides is 1. The van der Waals surface area contributed by atoms with Gasteiger partial charge in [0.05, 0.1) is 0 Å². The maximum absolute atomic E-state index is 11.6. The molecule has 1 unspecified atom stereocenters. The van der Waals surface area contributed by atoms with Gasteiger partial charge in [0.1, 0.15) is 5.82 Å². The van der Waals surface area contributed by atoms with Gasteiger partial charge in [-0.3, -0.25) is 9.88 Å². The van der Waals surface area contributed by atoms with E-state index in [4.69, 9.17) is 5.73 Å². The number of hydrogen-bond donors (Lipinski definition) is 3. The second-order valence-corrected chi connectivity index (χ2v) is 6.46. The SMILES string of the molecule is CS.NC(=O)N1CCCc2cc(-c3cncc(C4CCCN4)c3)cnc21. The zero-order valence-corrected chi connectivity index (χ0v) is 15.9. The molecule has 0 spiro atoms. The monoisotopic (exact) mass is 371 g/mol. The number of fused-ring (bicyclic) bond motifs is 1. The molecule has 138 valence electrons. The summed E-state index contributed by atoms with van der Waals surface area (Å²) in [5.41, 5.74) is 9.84. The highest BCUT2D eigenvalue weighted by atomic mass is 32.1. The molecule has 1 saturated heterocycles. The summed E-state index contributed by atoms with van der Waals surface area (Å²) in [7, 11) is 0. The molecular formula is C19H25N5OS. The number of carbonyl (C=O) groups is 1. The maximum Gasteiger partial charge on any atom is 0.320 e. The lowest BCUT2D eigenvalue weighted by Crippen LogP contribution is -2.40. The van der Waals surface area contributed by atoms with E-state index in [0.29, 0.717) is 18.4 Å². The van der Waals surface area contributed by atoms with E-state index in [1.165, 1.54) is 12.0 Å². The zero-order chi connectivity index (χ0) is 18.5. The van der Waals surface area contributed by atoms with E-state index in [1.54, 1.807) is 11.2 Å². The van der Waals surface area contributed by atoms with Crippen LogP contribution in [0.5, 0.6) is 0 Å². The first kappa shape index (κ1) is 18.7. The lowest BCUT2D eigenvalue weighted by atomic mass is 9.99. The van der Waals surface area contributed by atoms with Crippen molar-refractivity contribution in [2.45, 2.75) is 31.7 Å². The molecule has 2 aromatic heterocycles. The average Bonchev–Trinajstić information content (AvgIpc) is 3.23. The van der Waals surface area contributed by atoms with Gasteiger partial charge < -0.3 is 11.1 Å². The van der Waals surface area contributed by atoms with Gasteiger partial charge in [0.2, 0.25) is 0 Å². The molecule has 2 aromatic rings. The Kier molecular flexibility index (Phi) is 6.11. The maximum atomic E-state index is 11.6. The third-order valence-electron chi connectivity index (χ3n) is 4.85. The van der Waals surface area contributed by atoms with E-state index < -0.39 is 6.03 Å². The number of carbonyl (C=O) groups excluding carboxylic acids is 1. The summed E-state index contributed by atoms with van der Waals surface area (Å²) >= 11 is 3.53. The number of rotatable bonds is 2. The van der Waals surface area contributed by atoms with Crippen molar-refractivity contribution < 1.29 is 4.79 Å². The van der Waals surface area contributed by atoms with Gasteiger partial charge in [-0.15, -0.1) is 0 Å². The van der Waals surface area contributed by atoms with E-state index in [0.717, 1.165) is 42.5 Å². The first-order chi connectivity index (χ1) is 12.7. The van der Waals surface area contributed by atoms with Crippen LogP contribution in [0.4, 0.5) is 10.6 Å². The number of nitrogens with one attached hydrogen (secondary N) is 1. The highest BCUT2D eigenvalue weighted by Crippen LogP contribution is 2.31. The molecule has 4 rings (SSSR count). The Bertz CT molecular complexity index is 776. The molecule has 0 bridgehead atoms. The van der Waals surface area contributed by atoms with Gasteiger partial charge in [0, 0.05) is 42.3 Å². The number of urea groups is 1. The molecule has 0 aliphatic carbocycles. The lowest BCUT2D eigenvalue weighted by molar-refractivity contribution is 0.253. The fourth-order valence-electron chi connectivity index (χ4n) is 3.61. The summed E-state index contributed by atoms with van der Waals surface area (Å²) in [5, 5.41) is 3.51. The van der Waals surface area contributed by atoms with E-state index in [9.17, 15) is 4.79 Å². The third-order valence-corrected chi connectivity index (χ3v) is 4.85. The number of thiol groups is 1. The van der Waals surface area contributed by atoms with Gasteiger partial charge in [-0.2, -0.15) is 12.6 Å². The third kappa shape index (κ3) is 3.83. The summed E-state index contributed by atoms with van der Waals surface area (Å²) in [6.45, 7) is 1.71. The van der Waals surface area contributed by atoms with Crippen molar-refractivity contribution in [3.05, 3.63) is 41.9 Å². The number of amides is 2. The second-order valence-electron chi connectivity index (χ2n) is 6.46. The molecule has 3 N–H and O–H groups in total. The minimum atomic E-state index is -0.438. The van der Waals surface area contributed by atoms with Crippen LogP contribution >= 0.6 is 12.6 Å². The Labute approximate surface area is 159 Å². The van der Waals surface area contributed by atoms with Crippen LogP contribution in [0.15, 0.2) is 30.7 Å². The molecule has 2 aliphatic rings. The fourth-order valence-corrected chi connectivity index (χ4v) is 3.61. The fraction of sp³-hybridized carbons (Fsp3) is 0.421. The van der Waals surface area contributed by atoms with Crippen molar-refractivity contribution in [2.24, 2.45) is 5.73 Å². The van der Waals surface area contributed by atoms with Crippen LogP contribution in [-0.4, -0.2) is 35.3 Å². The summed E-state index contributed by atoms with van der Waals surface area (Å²) in [6.07, 6.45) is 11.5. The zero-order valence-electron chi connectivity index (χ0n) is 15.0. The number of pyridine rings is 2. The standard InChI is InChI=1S/C18H21N5O.CH4S/c19-18(24)23-6-2-3-12-7-14(11-22-17(12)23)13-8-15(10-20-9-13)16-4-1-5-21-16;1-2/h7-11,16,21H,1-6H2,(H2,19,24);2H,1H3. The van der Waals surface area contributed by atoms with Crippen LogP contribution in [0.2, 0.25) is 0 Å². The van der Waals surface area contributed by atoms with Gasteiger partial charge >= 0.3 is 6.03 Å². The Morgan fingerprint density at radius 1 is 1.23 bits per heavy atom. The Morgan fingerprint density at radius 3 is 2.77 bits per heavy atom. The number of aryl methyl sites for hydroxylation is 1. The number of hydrogen-bond acceptors (Lipinski definition) is 5. The predicted octanol–water partition coefficient (Wildman–Crippen LogP) is 2.95. The minimum absolute atomic E-state index is 0.397. The molecule has 2 amide bonds. The normalized spacial score (nSPS) is 18.7. The quantitative estimate of drug-likeness (QED) is 0.709. The molecule has 0 radical (unpaired) electrons. The summed E-state index contributed by atoms with van der Waals surface area (Å²) in [4.78, 5) is 22.0. The number of nitrogens with zero attached hydrogens (tertiary/aromatic N) is 3. The van der Waals surface area contributed by atoms with Crippen LogP contribution in [0.3, 0.4) is 0 Å². The highest BCUT2D eigenvalue weighted by molar-refractivity contribution is 7.79. The Balaban J connectivity index is 0.000000948. The Morgan fingerprint density at radius 2 is 2.04 bits per heavy atom. The lowest BCUT2D eigenvalue weighted by Gasteiger charge is -2.27. The topological polar surface area (TPSA) is 84.1 Å². The van der Waals surface area contributed by atoms with Crippen molar-refractivity contribution in [1.82, 2.24) is 15.3 Å². The molecule has 26 heavy (non-hydrogen) atoms. The van der Waals surface area contributed by atoms with E-state index in [2.05, 4.69) is 40.0 Å². The first-order valence-electron chi connectivity index (χ1n) is 8.92. The van der Waals surface area contributed by atoms with Gasteiger partial charge in [0.25, 0.3) is 0 Å². The van der Waals surface area contributed by atoms with E-state index >= 15 is 0 Å². The van der Waals surface area contributed by atoms with Gasteiger partial charge in [-0.05, 0) is 61.7 Å². The predicted molar refractivity (Wildman–Crippen MR) is 108 cm³/mol. The van der Waals surface area contributed by atoms with Crippen LogP contribution in [0.1, 0.15) is 36.4 Å². The molecule has 2 aliphatic heterocycles. The summed E-state index contributed by atoms with van der Waals surface area (Å²) < 4.78 is 0. The van der Waals surface area contributed by atoms with Crippen molar-refractivity contribution in [3.8, 4) is 11.1 Å². The van der Waals surface area contributed by atoms with Crippen molar-refractivity contribution in [3.63, 3.8) is 0 Å². The van der Waals surface area contributed by atoms with Crippen LogP contribution in [0, 0.1) is 0 Å². The average molecular weight is 372 g/mol. The number of nitrogens with two attached hydrogens (primary N) is 1. The van der Waals surface area contributed by atoms with Crippen molar-refractivity contribution in [2.75, 3.05) is 24.2 Å². The van der Waals surface area contributed by atoms with Crippen LogP contribution in [0.25, 0.3) is 11.1 Å². The first-order valence-corrected chi connectivity index (χ1v) is 9.81. The summed E-state index contributed by atoms with van der Waals surface area (Å²) in [5.74, 6) is 0.694. The minimum Gasteiger partial charge on any atom is -0.351 e.